The standard InChI is InChI=1S/C16H18FNO/c1-12-4-3-5-13(2)16(12)18-10-11-19-15-8-6-14(17)7-9-15/h3-9,18H,10-11H2,1-2H3. The van der Waals surface area contributed by atoms with Gasteiger partial charge in [0.1, 0.15) is 18.2 Å². The average Bonchev–Trinajstić information content (AvgIpc) is 2.39. The summed E-state index contributed by atoms with van der Waals surface area (Å²) in [5.74, 6) is 0.436. The van der Waals surface area contributed by atoms with Crippen LogP contribution in [0.3, 0.4) is 0 Å². The molecular weight excluding hydrogens is 241 g/mol. The number of ether oxygens (including phenoxy) is 1. The van der Waals surface area contributed by atoms with Crippen molar-refractivity contribution in [1.82, 2.24) is 0 Å². The fourth-order valence-electron chi connectivity index (χ4n) is 1.97. The van der Waals surface area contributed by atoms with Crippen molar-refractivity contribution in [2.24, 2.45) is 0 Å². The molecule has 1 N–H and O–H groups in total. The van der Waals surface area contributed by atoms with Gasteiger partial charge in [-0.2, -0.15) is 0 Å². The van der Waals surface area contributed by atoms with E-state index < -0.39 is 0 Å². The van der Waals surface area contributed by atoms with Crippen LogP contribution in [0.5, 0.6) is 5.75 Å². The van der Waals surface area contributed by atoms with E-state index in [1.165, 1.54) is 23.3 Å². The second-order valence-electron chi connectivity index (χ2n) is 4.50. The average molecular weight is 259 g/mol. The third-order valence-electron chi connectivity index (χ3n) is 2.97. The third kappa shape index (κ3) is 3.71. The van der Waals surface area contributed by atoms with Crippen LogP contribution in [-0.2, 0) is 0 Å². The van der Waals surface area contributed by atoms with E-state index in [-0.39, 0.29) is 5.82 Å². The van der Waals surface area contributed by atoms with Crippen LogP contribution in [-0.4, -0.2) is 13.2 Å². The van der Waals surface area contributed by atoms with Crippen LogP contribution in [0.2, 0.25) is 0 Å². The Morgan fingerprint density at radius 2 is 1.63 bits per heavy atom. The van der Waals surface area contributed by atoms with E-state index >= 15 is 0 Å². The van der Waals surface area contributed by atoms with Crippen LogP contribution in [0.1, 0.15) is 11.1 Å². The van der Waals surface area contributed by atoms with Crippen molar-refractivity contribution in [3.05, 3.63) is 59.4 Å². The van der Waals surface area contributed by atoms with Crippen molar-refractivity contribution >= 4 is 5.69 Å². The minimum absolute atomic E-state index is 0.249. The van der Waals surface area contributed by atoms with E-state index in [4.69, 9.17) is 4.74 Å². The highest BCUT2D eigenvalue weighted by atomic mass is 19.1. The normalized spacial score (nSPS) is 10.3. The molecule has 0 bridgehead atoms. The zero-order valence-corrected chi connectivity index (χ0v) is 11.2. The van der Waals surface area contributed by atoms with Gasteiger partial charge >= 0.3 is 0 Å². The van der Waals surface area contributed by atoms with Crippen molar-refractivity contribution in [2.45, 2.75) is 13.8 Å². The number of hydrogen-bond acceptors (Lipinski definition) is 2. The Kier molecular flexibility index (Phi) is 4.39. The number of aryl methyl sites for hydroxylation is 2. The summed E-state index contributed by atoms with van der Waals surface area (Å²) >= 11 is 0. The Labute approximate surface area is 113 Å². The molecule has 0 aliphatic heterocycles. The summed E-state index contributed by atoms with van der Waals surface area (Å²) < 4.78 is 18.3. The van der Waals surface area contributed by atoms with Gasteiger partial charge in [0.25, 0.3) is 0 Å². The zero-order chi connectivity index (χ0) is 13.7. The molecule has 19 heavy (non-hydrogen) atoms. The van der Waals surface area contributed by atoms with E-state index in [0.29, 0.717) is 18.9 Å². The number of rotatable bonds is 5. The second-order valence-corrected chi connectivity index (χ2v) is 4.50. The summed E-state index contributed by atoms with van der Waals surface area (Å²) in [4.78, 5) is 0. The summed E-state index contributed by atoms with van der Waals surface area (Å²) in [5.41, 5.74) is 3.61. The van der Waals surface area contributed by atoms with Gasteiger partial charge < -0.3 is 10.1 Å². The highest BCUT2D eigenvalue weighted by Crippen LogP contribution is 2.19. The molecule has 2 aromatic rings. The Morgan fingerprint density at radius 3 is 2.26 bits per heavy atom. The zero-order valence-electron chi connectivity index (χ0n) is 11.2. The molecule has 0 saturated carbocycles. The van der Waals surface area contributed by atoms with Crippen LogP contribution in [0, 0.1) is 19.7 Å². The summed E-state index contributed by atoms with van der Waals surface area (Å²) in [6.45, 7) is 5.41. The molecule has 0 spiro atoms. The smallest absolute Gasteiger partial charge is 0.123 e. The van der Waals surface area contributed by atoms with E-state index in [9.17, 15) is 4.39 Å². The van der Waals surface area contributed by atoms with E-state index in [1.54, 1.807) is 12.1 Å². The van der Waals surface area contributed by atoms with Gasteiger partial charge in [-0.3, -0.25) is 0 Å². The molecule has 0 aliphatic rings. The maximum atomic E-state index is 12.7. The SMILES string of the molecule is Cc1cccc(C)c1NCCOc1ccc(F)cc1. The fraction of sp³-hybridized carbons (Fsp3) is 0.250. The minimum Gasteiger partial charge on any atom is -0.492 e. The van der Waals surface area contributed by atoms with E-state index in [1.807, 2.05) is 6.07 Å². The van der Waals surface area contributed by atoms with Crippen molar-refractivity contribution in [2.75, 3.05) is 18.5 Å². The van der Waals surface area contributed by atoms with Gasteiger partial charge in [-0.05, 0) is 49.2 Å². The Hall–Kier alpha value is -2.03. The molecule has 2 aromatic carbocycles. The van der Waals surface area contributed by atoms with Crippen LogP contribution in [0.15, 0.2) is 42.5 Å². The highest BCUT2D eigenvalue weighted by molar-refractivity contribution is 5.56. The fourth-order valence-corrected chi connectivity index (χ4v) is 1.97. The molecule has 0 aromatic heterocycles. The first-order chi connectivity index (χ1) is 9.16. The predicted octanol–water partition coefficient (Wildman–Crippen LogP) is 3.93. The molecule has 2 nitrogen and oxygen atoms in total. The lowest BCUT2D eigenvalue weighted by atomic mass is 10.1. The summed E-state index contributed by atoms with van der Waals surface area (Å²) in [7, 11) is 0. The van der Waals surface area contributed by atoms with Gasteiger partial charge in [0, 0.05) is 12.2 Å². The lowest BCUT2D eigenvalue weighted by molar-refractivity contribution is 0.332. The number of nitrogens with one attached hydrogen (secondary N) is 1. The summed E-state index contributed by atoms with van der Waals surface area (Å²) in [6, 6.07) is 12.3. The van der Waals surface area contributed by atoms with Gasteiger partial charge in [-0.15, -0.1) is 0 Å². The molecule has 0 saturated heterocycles. The molecule has 2 rings (SSSR count). The maximum Gasteiger partial charge on any atom is 0.123 e. The van der Waals surface area contributed by atoms with Crippen molar-refractivity contribution in [3.8, 4) is 5.75 Å². The largest absolute Gasteiger partial charge is 0.492 e. The van der Waals surface area contributed by atoms with Crippen LogP contribution in [0.25, 0.3) is 0 Å². The molecule has 100 valence electrons. The molecule has 0 radical (unpaired) electrons. The lowest BCUT2D eigenvalue weighted by Gasteiger charge is -2.13. The molecular formula is C16H18FNO. The Morgan fingerprint density at radius 1 is 1.00 bits per heavy atom. The van der Waals surface area contributed by atoms with Crippen molar-refractivity contribution < 1.29 is 9.13 Å². The first-order valence-electron chi connectivity index (χ1n) is 6.35. The summed E-state index contributed by atoms with van der Waals surface area (Å²) in [5, 5.41) is 3.36. The monoisotopic (exact) mass is 259 g/mol. The second kappa shape index (κ2) is 6.23. The number of para-hydroxylation sites is 1. The van der Waals surface area contributed by atoms with E-state index in [2.05, 4.69) is 31.3 Å². The molecule has 0 atom stereocenters. The third-order valence-corrected chi connectivity index (χ3v) is 2.97. The van der Waals surface area contributed by atoms with Gasteiger partial charge in [0.2, 0.25) is 0 Å². The highest BCUT2D eigenvalue weighted by Gasteiger charge is 2.01. The predicted molar refractivity (Wildman–Crippen MR) is 76.3 cm³/mol. The minimum atomic E-state index is -0.249. The van der Waals surface area contributed by atoms with Gasteiger partial charge in [0.05, 0.1) is 0 Å². The van der Waals surface area contributed by atoms with Gasteiger partial charge in [-0.1, -0.05) is 18.2 Å². The quantitative estimate of drug-likeness (QED) is 0.821. The van der Waals surface area contributed by atoms with E-state index in [0.717, 1.165) is 5.69 Å². The first-order valence-corrected chi connectivity index (χ1v) is 6.35. The van der Waals surface area contributed by atoms with Crippen LogP contribution in [0.4, 0.5) is 10.1 Å². The molecule has 0 amide bonds. The number of halogens is 1. The van der Waals surface area contributed by atoms with Crippen LogP contribution >= 0.6 is 0 Å². The first kappa shape index (κ1) is 13.4. The molecule has 0 aliphatic carbocycles. The number of anilines is 1. The molecule has 0 fully saturated rings. The van der Waals surface area contributed by atoms with Crippen LogP contribution < -0.4 is 10.1 Å². The Bertz CT molecular complexity index is 517. The van der Waals surface area contributed by atoms with Gasteiger partial charge in [0.15, 0.2) is 0 Å². The molecule has 0 heterocycles. The lowest BCUT2D eigenvalue weighted by Crippen LogP contribution is -2.12. The van der Waals surface area contributed by atoms with Crippen molar-refractivity contribution in [3.63, 3.8) is 0 Å². The van der Waals surface area contributed by atoms with Crippen molar-refractivity contribution in [1.29, 1.82) is 0 Å². The Balaban J connectivity index is 1.82. The summed E-state index contributed by atoms with van der Waals surface area (Å²) in [6.07, 6.45) is 0. The number of hydrogen-bond donors (Lipinski definition) is 1. The molecule has 0 unspecified atom stereocenters. The maximum absolute atomic E-state index is 12.7. The molecule has 3 heteroatoms. The van der Waals surface area contributed by atoms with Gasteiger partial charge in [-0.25, -0.2) is 4.39 Å². The topological polar surface area (TPSA) is 21.3 Å². The number of benzene rings is 2.